The number of phenols is 1. The number of ether oxygens (including phenoxy) is 4. The Morgan fingerprint density at radius 1 is 0.747 bits per heavy atom. The van der Waals surface area contributed by atoms with Gasteiger partial charge in [0.15, 0.2) is 0 Å². The van der Waals surface area contributed by atoms with Crippen molar-refractivity contribution in [3.8, 4) is 5.75 Å². The number of hydrogen-bond donors (Lipinski definition) is 2. The maximum absolute atomic E-state index is 12.8. The number of anilines is 1. The van der Waals surface area contributed by atoms with Crippen LogP contribution in [0.25, 0.3) is 0 Å². The van der Waals surface area contributed by atoms with E-state index in [0.29, 0.717) is 40.3 Å². The average molecular weight is 1040 g/mol. The van der Waals surface area contributed by atoms with E-state index in [-0.39, 0.29) is 75.7 Å². The molecule has 1 amide bonds. The van der Waals surface area contributed by atoms with E-state index < -0.39 is 5.41 Å². The van der Waals surface area contributed by atoms with E-state index in [2.05, 4.69) is 33.0 Å². The van der Waals surface area contributed by atoms with Crippen LogP contribution >= 0.6 is 0 Å². The van der Waals surface area contributed by atoms with Gasteiger partial charge in [0.25, 0.3) is 0 Å². The van der Waals surface area contributed by atoms with E-state index in [1.54, 1.807) is 24.3 Å². The van der Waals surface area contributed by atoms with Gasteiger partial charge in [0, 0.05) is 28.9 Å². The molecule has 0 aromatic heterocycles. The third-order valence-electron chi connectivity index (χ3n) is 20.6. The zero-order valence-electron chi connectivity index (χ0n) is 48.2. The average Bonchev–Trinajstić information content (AvgIpc) is 4.30. The van der Waals surface area contributed by atoms with Gasteiger partial charge in [-0.05, 0) is 215 Å². The summed E-state index contributed by atoms with van der Waals surface area (Å²) < 4.78 is 23.1. The van der Waals surface area contributed by atoms with Crippen molar-refractivity contribution >= 4 is 35.5 Å². The lowest BCUT2D eigenvalue weighted by atomic mass is 9.58. The quantitative estimate of drug-likeness (QED) is 0.106. The minimum absolute atomic E-state index is 0.00399. The van der Waals surface area contributed by atoms with Crippen molar-refractivity contribution in [1.29, 1.82) is 0 Å². The first-order chi connectivity index (χ1) is 35.3. The molecule has 416 valence electrons. The van der Waals surface area contributed by atoms with E-state index in [9.17, 15) is 24.0 Å². The Balaban J connectivity index is 0.000000148. The van der Waals surface area contributed by atoms with Crippen molar-refractivity contribution in [3.05, 3.63) is 59.7 Å². The first-order valence-corrected chi connectivity index (χ1v) is 29.4. The van der Waals surface area contributed by atoms with Crippen LogP contribution in [0.5, 0.6) is 5.75 Å². The van der Waals surface area contributed by atoms with Crippen LogP contribution in [0.4, 0.5) is 5.69 Å². The Morgan fingerprint density at radius 2 is 1.36 bits per heavy atom. The molecule has 6 bridgehead atoms. The molecule has 2 N–H and O–H groups in total. The maximum atomic E-state index is 12.8. The van der Waals surface area contributed by atoms with Gasteiger partial charge in [0.1, 0.15) is 29.2 Å². The normalized spacial score (nSPS) is 31.5. The second-order valence-corrected chi connectivity index (χ2v) is 26.6. The van der Waals surface area contributed by atoms with Crippen molar-refractivity contribution in [3.63, 3.8) is 0 Å². The van der Waals surface area contributed by atoms with Gasteiger partial charge in [-0.3, -0.25) is 19.2 Å². The molecule has 1 spiro atoms. The van der Waals surface area contributed by atoms with Gasteiger partial charge in [-0.2, -0.15) is 0 Å². The fourth-order valence-electron chi connectivity index (χ4n) is 14.3. The van der Waals surface area contributed by atoms with Gasteiger partial charge in [-0.1, -0.05) is 73.9 Å². The van der Waals surface area contributed by atoms with Gasteiger partial charge in [-0.15, -0.1) is 0 Å². The fourth-order valence-corrected chi connectivity index (χ4v) is 14.3. The predicted molar refractivity (Wildman–Crippen MR) is 294 cm³/mol. The molecular formula is C64H95NO10. The Labute approximate surface area is 450 Å². The number of phenolic OH excluding ortho intramolecular Hbond substituents is 1. The summed E-state index contributed by atoms with van der Waals surface area (Å²) in [7, 11) is 0. The standard InChI is InChI=1S/C21H34O2.C17H24O2.C14H20O4.C12H17NO2/c1-5-19(3,4)18(22)23-21(6-2)13-15-10-17(21)20(12-15)11-14-7-8-16(20)9-14;1-4-13(2)14-7-9-15(10-8-14)16(18)19-17(3)11-5-6-12-17;1-4-14(2,3)13(16)18-10-7-5-8-9(6-7)12(15)17-11(8)10;1-4-12(2,3)11(15)13-9-5-7-10(14)8-6-9/h14-17H,5-13H2,1-4H3;7-10,13H,4-6,11-12H2,1-3H3;7-11H,4-6H2,1-3H3;5-8,14H,4H2,1-3H3,(H,13,15). The highest BCUT2D eigenvalue weighted by atomic mass is 16.6. The first kappa shape index (κ1) is 58.3. The van der Waals surface area contributed by atoms with Crippen molar-refractivity contribution in [1.82, 2.24) is 0 Å². The maximum Gasteiger partial charge on any atom is 0.338 e. The van der Waals surface area contributed by atoms with Crippen LogP contribution in [0.1, 0.15) is 227 Å². The number of esters is 4. The number of fused-ring (bicyclic) bond motifs is 7. The minimum Gasteiger partial charge on any atom is -0.508 e. The van der Waals surface area contributed by atoms with Crippen LogP contribution in [0.3, 0.4) is 0 Å². The molecule has 8 fully saturated rings. The number of hydrogen-bond acceptors (Lipinski definition) is 10. The Kier molecular flexibility index (Phi) is 17.8. The topological polar surface area (TPSA) is 155 Å². The molecule has 12 unspecified atom stereocenters. The Morgan fingerprint density at radius 3 is 1.91 bits per heavy atom. The molecule has 11 nitrogen and oxygen atoms in total. The number of nitrogens with one attached hydrogen (secondary N) is 1. The van der Waals surface area contributed by atoms with Crippen LogP contribution in [0.2, 0.25) is 0 Å². The summed E-state index contributed by atoms with van der Waals surface area (Å²) in [5, 5.41) is 11.9. The van der Waals surface area contributed by atoms with Crippen LogP contribution in [0, 0.1) is 63.1 Å². The molecule has 2 aromatic rings. The molecule has 7 aliphatic carbocycles. The van der Waals surface area contributed by atoms with Gasteiger partial charge in [0.05, 0.1) is 22.3 Å². The smallest absolute Gasteiger partial charge is 0.338 e. The minimum atomic E-state index is -0.455. The van der Waals surface area contributed by atoms with E-state index in [4.69, 9.17) is 24.1 Å². The Bertz CT molecular complexity index is 2330. The molecule has 10 rings (SSSR count). The number of carbonyl (C=O) groups excluding carboxylic acids is 5. The van der Waals surface area contributed by atoms with Crippen molar-refractivity contribution < 1.29 is 48.0 Å². The molecule has 12 atom stereocenters. The number of aromatic hydroxyl groups is 1. The van der Waals surface area contributed by atoms with Crippen LogP contribution in [-0.4, -0.2) is 58.3 Å². The van der Waals surface area contributed by atoms with Crippen molar-refractivity contribution in [2.24, 2.45) is 63.1 Å². The number of amides is 1. The second kappa shape index (κ2) is 22.9. The fraction of sp³-hybridized carbons (Fsp3) is 0.734. The van der Waals surface area contributed by atoms with E-state index in [1.807, 2.05) is 86.6 Å². The zero-order valence-corrected chi connectivity index (χ0v) is 48.2. The first-order valence-electron chi connectivity index (χ1n) is 29.4. The number of rotatable bonds is 14. The molecule has 7 saturated carbocycles. The summed E-state index contributed by atoms with van der Waals surface area (Å²) in [6, 6.07) is 14.3. The Hall–Kier alpha value is -4.41. The van der Waals surface area contributed by atoms with Crippen molar-refractivity contribution in [2.45, 2.75) is 235 Å². The second-order valence-electron chi connectivity index (χ2n) is 26.6. The summed E-state index contributed by atoms with van der Waals surface area (Å²) >= 11 is 0. The summed E-state index contributed by atoms with van der Waals surface area (Å²) in [5.41, 5.74) is 1.65. The van der Waals surface area contributed by atoms with E-state index in [0.717, 1.165) is 94.8 Å². The molecule has 11 heteroatoms. The predicted octanol–water partition coefficient (Wildman–Crippen LogP) is 14.7. The monoisotopic (exact) mass is 1040 g/mol. The van der Waals surface area contributed by atoms with E-state index >= 15 is 0 Å². The highest BCUT2D eigenvalue weighted by Gasteiger charge is 2.69. The lowest BCUT2D eigenvalue weighted by Crippen LogP contribution is -2.51. The van der Waals surface area contributed by atoms with Crippen LogP contribution in [-0.2, 0) is 38.1 Å². The number of carbonyl (C=O) groups is 5. The molecule has 1 aliphatic heterocycles. The summed E-state index contributed by atoms with van der Waals surface area (Å²) in [6.07, 6.45) is 20.0. The highest BCUT2D eigenvalue weighted by molar-refractivity contribution is 5.94. The highest BCUT2D eigenvalue weighted by Crippen LogP contribution is 2.73. The summed E-state index contributed by atoms with van der Waals surface area (Å²) in [6.45, 7) is 26.4. The van der Waals surface area contributed by atoms with Gasteiger partial charge >= 0.3 is 23.9 Å². The SMILES string of the molecule is CCC(C)(C)C(=O)Nc1ccc(O)cc1.CCC(C)(C)C(=O)OC1(CC)CC2CC1C1(CC3CCC1C3)C2.CCC(C)(C)C(=O)OC1C2CC3C(=O)OC1C3C2.CCC(C)c1ccc(C(=O)OC2(C)CCCC2)cc1. The van der Waals surface area contributed by atoms with Crippen molar-refractivity contribution in [2.75, 3.05) is 5.32 Å². The third kappa shape index (κ3) is 12.3. The van der Waals surface area contributed by atoms with Crippen LogP contribution < -0.4 is 5.32 Å². The van der Waals surface area contributed by atoms with Gasteiger partial charge < -0.3 is 29.4 Å². The van der Waals surface area contributed by atoms with Gasteiger partial charge in [-0.25, -0.2) is 4.79 Å². The summed E-state index contributed by atoms with van der Waals surface area (Å²) in [5.74, 6) is 4.44. The molecule has 0 radical (unpaired) electrons. The van der Waals surface area contributed by atoms with Gasteiger partial charge in [0.2, 0.25) is 5.91 Å². The number of benzene rings is 2. The third-order valence-corrected chi connectivity index (χ3v) is 20.6. The summed E-state index contributed by atoms with van der Waals surface area (Å²) in [4.78, 5) is 60.5. The van der Waals surface area contributed by atoms with E-state index in [1.165, 1.54) is 44.1 Å². The largest absolute Gasteiger partial charge is 0.508 e. The lowest BCUT2D eigenvalue weighted by Gasteiger charge is -2.51. The molecular weight excluding hydrogens is 943 g/mol. The molecule has 75 heavy (non-hydrogen) atoms. The molecule has 1 heterocycles. The molecule has 2 aromatic carbocycles. The van der Waals surface area contributed by atoms with Crippen LogP contribution in [0.15, 0.2) is 48.5 Å². The lowest BCUT2D eigenvalue weighted by molar-refractivity contribution is -0.187. The molecule has 8 aliphatic rings. The zero-order chi connectivity index (χ0) is 54.9. The molecule has 1 saturated heterocycles.